The van der Waals surface area contributed by atoms with E-state index in [4.69, 9.17) is 4.98 Å². The minimum atomic E-state index is 0.147. The first-order chi connectivity index (χ1) is 13.3. The molecule has 2 nitrogen and oxygen atoms in total. The summed E-state index contributed by atoms with van der Waals surface area (Å²) in [5, 5.41) is 6.91. The van der Waals surface area contributed by atoms with Crippen LogP contribution in [0.25, 0.3) is 10.6 Å². The average Bonchev–Trinajstić information content (AvgIpc) is 3.20. The van der Waals surface area contributed by atoms with Crippen LogP contribution < -0.4 is 5.32 Å². The molecule has 1 heterocycles. The molecule has 0 spiro atoms. The third kappa shape index (κ3) is 4.33. The molecule has 3 heteroatoms. The van der Waals surface area contributed by atoms with Crippen molar-refractivity contribution in [3.8, 4) is 10.6 Å². The van der Waals surface area contributed by atoms with Gasteiger partial charge in [-0.1, -0.05) is 90.5 Å². The maximum atomic E-state index is 4.81. The van der Waals surface area contributed by atoms with Gasteiger partial charge in [-0.2, -0.15) is 0 Å². The number of rotatable bonds is 6. The molecule has 4 aromatic rings. The Morgan fingerprint density at radius 1 is 0.815 bits per heavy atom. The fourth-order valence-corrected chi connectivity index (χ4v) is 3.97. The molecule has 0 fully saturated rings. The summed E-state index contributed by atoms with van der Waals surface area (Å²) >= 11 is 1.70. The van der Waals surface area contributed by atoms with Crippen LogP contribution in [0.3, 0.4) is 0 Å². The van der Waals surface area contributed by atoms with E-state index in [1.165, 1.54) is 22.3 Å². The topological polar surface area (TPSA) is 24.9 Å². The SMILES string of the molecule is Cc1ccc([C@@H](NCc2csc(-c3ccccc3)n2)c2ccccc2)cc1. The van der Waals surface area contributed by atoms with E-state index in [9.17, 15) is 0 Å². The van der Waals surface area contributed by atoms with Crippen LogP contribution in [-0.4, -0.2) is 4.98 Å². The van der Waals surface area contributed by atoms with Crippen LogP contribution in [0.15, 0.2) is 90.3 Å². The zero-order valence-corrected chi connectivity index (χ0v) is 16.1. The van der Waals surface area contributed by atoms with Crippen LogP contribution >= 0.6 is 11.3 Å². The Morgan fingerprint density at radius 3 is 2.15 bits per heavy atom. The Labute approximate surface area is 164 Å². The fraction of sp³-hybridized carbons (Fsp3) is 0.125. The van der Waals surface area contributed by atoms with Crippen molar-refractivity contribution in [2.75, 3.05) is 0 Å². The van der Waals surface area contributed by atoms with Crippen LogP contribution in [0.4, 0.5) is 0 Å². The Morgan fingerprint density at radius 2 is 1.44 bits per heavy atom. The van der Waals surface area contributed by atoms with Gasteiger partial charge in [-0.05, 0) is 18.1 Å². The van der Waals surface area contributed by atoms with Crippen molar-refractivity contribution in [3.63, 3.8) is 0 Å². The standard InChI is InChI=1S/C24H22N2S/c1-18-12-14-20(15-13-18)23(19-8-4-2-5-9-19)25-16-22-17-27-24(26-22)21-10-6-3-7-11-21/h2-15,17,23,25H,16H2,1H3/t23-/m0/s1. The lowest BCUT2D eigenvalue weighted by atomic mass is 9.98. The van der Waals surface area contributed by atoms with E-state index in [0.29, 0.717) is 0 Å². The van der Waals surface area contributed by atoms with Gasteiger partial charge in [-0.25, -0.2) is 4.98 Å². The lowest BCUT2D eigenvalue weighted by Gasteiger charge is -2.19. The van der Waals surface area contributed by atoms with Crippen LogP contribution in [-0.2, 0) is 6.54 Å². The van der Waals surface area contributed by atoms with Gasteiger partial charge < -0.3 is 5.32 Å². The Hall–Kier alpha value is -2.75. The van der Waals surface area contributed by atoms with Gasteiger partial charge in [0.25, 0.3) is 0 Å². The zero-order valence-electron chi connectivity index (χ0n) is 15.3. The molecule has 1 N–H and O–H groups in total. The van der Waals surface area contributed by atoms with E-state index in [-0.39, 0.29) is 6.04 Å². The van der Waals surface area contributed by atoms with Gasteiger partial charge in [0.15, 0.2) is 0 Å². The molecule has 0 amide bonds. The lowest BCUT2D eigenvalue weighted by Crippen LogP contribution is -2.22. The molecule has 0 saturated carbocycles. The van der Waals surface area contributed by atoms with Crippen LogP contribution in [0, 0.1) is 6.92 Å². The maximum Gasteiger partial charge on any atom is 0.123 e. The predicted octanol–water partition coefficient (Wildman–Crippen LogP) is 6.00. The maximum absolute atomic E-state index is 4.81. The number of thiazole rings is 1. The van der Waals surface area contributed by atoms with E-state index in [0.717, 1.165) is 17.2 Å². The normalized spacial score (nSPS) is 12.0. The Bertz CT molecular complexity index is 976. The highest BCUT2D eigenvalue weighted by Crippen LogP contribution is 2.25. The first-order valence-corrected chi connectivity index (χ1v) is 10.0. The van der Waals surface area contributed by atoms with Crippen LogP contribution in [0.1, 0.15) is 28.4 Å². The van der Waals surface area contributed by atoms with Gasteiger partial charge in [0.05, 0.1) is 11.7 Å². The summed E-state index contributed by atoms with van der Waals surface area (Å²) in [6.07, 6.45) is 0. The average molecular weight is 371 g/mol. The Kier molecular flexibility index (Phi) is 5.42. The van der Waals surface area contributed by atoms with Crippen molar-refractivity contribution in [2.24, 2.45) is 0 Å². The summed E-state index contributed by atoms with van der Waals surface area (Å²) in [5.41, 5.74) is 6.06. The minimum Gasteiger partial charge on any atom is -0.301 e. The highest BCUT2D eigenvalue weighted by molar-refractivity contribution is 7.13. The second-order valence-electron chi connectivity index (χ2n) is 6.65. The summed E-state index contributed by atoms with van der Waals surface area (Å²) < 4.78 is 0. The number of nitrogens with zero attached hydrogens (tertiary/aromatic N) is 1. The molecule has 0 saturated heterocycles. The van der Waals surface area contributed by atoms with Gasteiger partial charge in [-0.3, -0.25) is 0 Å². The Balaban J connectivity index is 1.54. The van der Waals surface area contributed by atoms with Crippen molar-refractivity contribution in [1.82, 2.24) is 10.3 Å². The van der Waals surface area contributed by atoms with Crippen molar-refractivity contribution in [3.05, 3.63) is 113 Å². The predicted molar refractivity (Wildman–Crippen MR) is 114 cm³/mol. The molecule has 134 valence electrons. The quantitative estimate of drug-likeness (QED) is 0.450. The molecule has 0 radical (unpaired) electrons. The zero-order chi connectivity index (χ0) is 18.5. The van der Waals surface area contributed by atoms with Gasteiger partial charge in [0.1, 0.15) is 5.01 Å². The third-order valence-electron chi connectivity index (χ3n) is 4.60. The highest BCUT2D eigenvalue weighted by Gasteiger charge is 2.14. The number of aryl methyl sites for hydroxylation is 1. The lowest BCUT2D eigenvalue weighted by molar-refractivity contribution is 0.599. The van der Waals surface area contributed by atoms with E-state index >= 15 is 0 Å². The molecule has 3 aromatic carbocycles. The molecule has 0 bridgehead atoms. The summed E-state index contributed by atoms with van der Waals surface area (Å²) in [6.45, 7) is 2.85. The number of aromatic nitrogens is 1. The molecule has 27 heavy (non-hydrogen) atoms. The van der Waals surface area contributed by atoms with E-state index < -0.39 is 0 Å². The number of hydrogen-bond acceptors (Lipinski definition) is 3. The van der Waals surface area contributed by atoms with Gasteiger partial charge >= 0.3 is 0 Å². The molecule has 0 aliphatic carbocycles. The van der Waals surface area contributed by atoms with Crippen LogP contribution in [0.2, 0.25) is 0 Å². The molecule has 4 rings (SSSR count). The van der Waals surface area contributed by atoms with Crippen molar-refractivity contribution in [2.45, 2.75) is 19.5 Å². The molecule has 0 unspecified atom stereocenters. The van der Waals surface area contributed by atoms with Gasteiger partial charge in [-0.15, -0.1) is 11.3 Å². The largest absolute Gasteiger partial charge is 0.301 e. The van der Waals surface area contributed by atoms with Gasteiger partial charge in [0.2, 0.25) is 0 Å². The number of benzene rings is 3. The van der Waals surface area contributed by atoms with Crippen molar-refractivity contribution in [1.29, 1.82) is 0 Å². The molecular formula is C24H22N2S. The molecule has 0 aliphatic rings. The molecule has 0 aliphatic heterocycles. The second-order valence-corrected chi connectivity index (χ2v) is 7.50. The minimum absolute atomic E-state index is 0.147. The van der Waals surface area contributed by atoms with Gasteiger partial charge in [0, 0.05) is 17.5 Å². The molecule has 1 atom stereocenters. The fourth-order valence-electron chi connectivity index (χ4n) is 3.14. The molecular weight excluding hydrogens is 348 g/mol. The summed E-state index contributed by atoms with van der Waals surface area (Å²) in [7, 11) is 0. The smallest absolute Gasteiger partial charge is 0.123 e. The van der Waals surface area contributed by atoms with Crippen molar-refractivity contribution < 1.29 is 0 Å². The first kappa shape index (κ1) is 17.7. The second kappa shape index (κ2) is 8.30. The third-order valence-corrected chi connectivity index (χ3v) is 5.54. The summed E-state index contributed by atoms with van der Waals surface area (Å²) in [5.74, 6) is 0. The molecule has 1 aromatic heterocycles. The highest BCUT2D eigenvalue weighted by atomic mass is 32.1. The summed E-state index contributed by atoms with van der Waals surface area (Å²) in [6, 6.07) is 29.8. The summed E-state index contributed by atoms with van der Waals surface area (Å²) in [4.78, 5) is 4.81. The van der Waals surface area contributed by atoms with E-state index in [1.54, 1.807) is 11.3 Å². The van der Waals surface area contributed by atoms with E-state index in [2.05, 4.69) is 96.5 Å². The van der Waals surface area contributed by atoms with Crippen LogP contribution in [0.5, 0.6) is 0 Å². The number of hydrogen-bond donors (Lipinski definition) is 1. The monoisotopic (exact) mass is 370 g/mol. The van der Waals surface area contributed by atoms with Crippen molar-refractivity contribution >= 4 is 11.3 Å². The first-order valence-electron chi connectivity index (χ1n) is 9.14. The van der Waals surface area contributed by atoms with E-state index in [1.807, 2.05) is 6.07 Å². The number of nitrogens with one attached hydrogen (secondary N) is 1.